The number of carbonyl (C=O) groups is 2. The lowest BCUT2D eigenvalue weighted by atomic mass is 9.74. The Morgan fingerprint density at radius 1 is 1.09 bits per heavy atom. The highest BCUT2D eigenvalue weighted by Crippen LogP contribution is 2.53. The van der Waals surface area contributed by atoms with Crippen molar-refractivity contribution in [3.63, 3.8) is 0 Å². The molecule has 118 valence electrons. The summed E-state index contributed by atoms with van der Waals surface area (Å²) in [5.74, 6) is -1.18. The van der Waals surface area contributed by atoms with E-state index in [2.05, 4.69) is 11.1 Å². The summed E-state index contributed by atoms with van der Waals surface area (Å²) in [6.07, 6.45) is 4.92. The zero-order valence-corrected chi connectivity index (χ0v) is 13.8. The largest absolute Gasteiger partial charge is 0.503 e. The van der Waals surface area contributed by atoms with Gasteiger partial charge in [-0.3, -0.25) is 9.59 Å². The molecule has 3 aliphatic rings. The molecule has 5 heteroatoms. The van der Waals surface area contributed by atoms with Crippen LogP contribution < -0.4 is 0 Å². The minimum absolute atomic E-state index is 0.102. The van der Waals surface area contributed by atoms with Gasteiger partial charge in [0, 0.05) is 17.5 Å². The first-order valence-corrected chi connectivity index (χ1v) is 8.60. The maximum absolute atomic E-state index is 12.9. The first-order chi connectivity index (χ1) is 11.0. The van der Waals surface area contributed by atoms with E-state index >= 15 is 0 Å². The SMILES string of the molecule is Cc1cc(C)nc(SC2=C(O)C(=O)[C@H]3[C@@H](C2=O)[C@@H]2C=C[C@@H]3C2)c1. The van der Waals surface area contributed by atoms with Crippen LogP contribution in [0.1, 0.15) is 17.7 Å². The van der Waals surface area contributed by atoms with E-state index in [4.69, 9.17) is 0 Å². The van der Waals surface area contributed by atoms with Gasteiger partial charge in [-0.2, -0.15) is 0 Å². The third kappa shape index (κ3) is 2.17. The quantitative estimate of drug-likeness (QED) is 0.845. The third-order valence-electron chi connectivity index (χ3n) is 5.02. The predicted octanol–water partition coefficient (Wildman–Crippen LogP) is 3.15. The van der Waals surface area contributed by atoms with Crippen LogP contribution in [-0.4, -0.2) is 21.7 Å². The summed E-state index contributed by atoms with van der Waals surface area (Å²) in [6, 6.07) is 3.81. The highest BCUT2D eigenvalue weighted by Gasteiger charge is 2.55. The maximum atomic E-state index is 12.9. The number of aliphatic hydroxyl groups is 1. The molecule has 0 radical (unpaired) electrons. The summed E-state index contributed by atoms with van der Waals surface area (Å²) >= 11 is 1.11. The fourth-order valence-corrected chi connectivity index (χ4v) is 5.21. The van der Waals surface area contributed by atoms with Crippen molar-refractivity contribution in [1.29, 1.82) is 0 Å². The van der Waals surface area contributed by atoms with Gasteiger partial charge < -0.3 is 5.11 Å². The van der Waals surface area contributed by atoms with E-state index in [-0.39, 0.29) is 45.9 Å². The molecule has 0 aliphatic heterocycles. The van der Waals surface area contributed by atoms with Crippen LogP contribution in [0.5, 0.6) is 0 Å². The Bertz CT molecular complexity index is 775. The van der Waals surface area contributed by atoms with Crippen LogP contribution in [0.25, 0.3) is 0 Å². The molecular formula is C18H17NO3S. The second-order valence-electron chi connectivity index (χ2n) is 6.63. The number of aromatic nitrogens is 1. The molecule has 4 nitrogen and oxygen atoms in total. The number of pyridine rings is 1. The molecule has 23 heavy (non-hydrogen) atoms. The fraction of sp³-hybridized carbons (Fsp3) is 0.389. The molecule has 4 atom stereocenters. The van der Waals surface area contributed by atoms with Crippen molar-refractivity contribution in [2.24, 2.45) is 23.7 Å². The van der Waals surface area contributed by atoms with Crippen LogP contribution in [-0.2, 0) is 9.59 Å². The number of rotatable bonds is 2. The first-order valence-electron chi connectivity index (χ1n) is 7.79. The summed E-state index contributed by atoms with van der Waals surface area (Å²) in [4.78, 5) is 30.0. The van der Waals surface area contributed by atoms with Gasteiger partial charge >= 0.3 is 0 Å². The second-order valence-corrected chi connectivity index (χ2v) is 7.66. The lowest BCUT2D eigenvalue weighted by molar-refractivity contribution is -0.132. The summed E-state index contributed by atoms with van der Waals surface area (Å²) in [7, 11) is 0. The average molecular weight is 327 g/mol. The van der Waals surface area contributed by atoms with Gasteiger partial charge in [-0.1, -0.05) is 23.9 Å². The summed E-state index contributed by atoms with van der Waals surface area (Å²) < 4.78 is 0. The number of Topliss-reactive ketones (excluding diaryl/α,β-unsaturated/α-hetero) is 2. The molecule has 1 N–H and O–H groups in total. The summed E-state index contributed by atoms with van der Waals surface area (Å²) in [5.41, 5.74) is 1.89. The number of nitrogens with zero attached hydrogens (tertiary/aromatic N) is 1. The number of thioether (sulfide) groups is 1. The Morgan fingerprint density at radius 2 is 1.74 bits per heavy atom. The van der Waals surface area contributed by atoms with E-state index in [1.165, 1.54) is 0 Å². The Morgan fingerprint density at radius 3 is 2.39 bits per heavy atom. The zero-order valence-electron chi connectivity index (χ0n) is 12.9. The van der Waals surface area contributed by atoms with Crippen molar-refractivity contribution in [1.82, 2.24) is 4.98 Å². The lowest BCUT2D eigenvalue weighted by Crippen LogP contribution is -2.39. The molecule has 1 aromatic rings. The number of fused-ring (bicyclic) bond motifs is 5. The number of carbonyl (C=O) groups excluding carboxylic acids is 2. The normalized spacial score (nSPS) is 31.9. The zero-order chi connectivity index (χ0) is 16.3. The molecule has 1 aromatic heterocycles. The van der Waals surface area contributed by atoms with Crippen LogP contribution >= 0.6 is 11.8 Å². The predicted molar refractivity (Wildman–Crippen MR) is 87.0 cm³/mol. The van der Waals surface area contributed by atoms with Crippen molar-refractivity contribution in [3.8, 4) is 0 Å². The Kier molecular flexibility index (Phi) is 3.23. The Balaban J connectivity index is 1.72. The second kappa shape index (κ2) is 5.06. The summed E-state index contributed by atoms with van der Waals surface area (Å²) in [6.45, 7) is 3.84. The van der Waals surface area contributed by atoms with E-state index in [9.17, 15) is 14.7 Å². The van der Waals surface area contributed by atoms with Gasteiger partial charge in [0.25, 0.3) is 0 Å². The van der Waals surface area contributed by atoms with Gasteiger partial charge in [0.2, 0.25) is 5.78 Å². The minimum Gasteiger partial charge on any atom is -0.503 e. The van der Waals surface area contributed by atoms with Crippen LogP contribution in [0.4, 0.5) is 0 Å². The molecule has 1 saturated carbocycles. The minimum atomic E-state index is -0.372. The van der Waals surface area contributed by atoms with Gasteiger partial charge in [-0.05, 0) is 49.8 Å². The Hall–Kier alpha value is -1.88. The molecule has 4 rings (SSSR count). The van der Waals surface area contributed by atoms with Crippen LogP contribution in [0, 0.1) is 37.5 Å². The van der Waals surface area contributed by atoms with E-state index in [1.807, 2.05) is 32.1 Å². The number of aliphatic hydroxyl groups excluding tert-OH is 1. The van der Waals surface area contributed by atoms with Gasteiger partial charge in [-0.15, -0.1) is 0 Å². The van der Waals surface area contributed by atoms with Crippen molar-refractivity contribution >= 4 is 23.3 Å². The maximum Gasteiger partial charge on any atom is 0.202 e. The number of aryl methyl sites for hydroxylation is 2. The van der Waals surface area contributed by atoms with E-state index in [0.29, 0.717) is 5.03 Å². The molecule has 3 aliphatic carbocycles. The average Bonchev–Trinajstić information content (AvgIpc) is 3.09. The smallest absolute Gasteiger partial charge is 0.202 e. The van der Waals surface area contributed by atoms with Crippen molar-refractivity contribution < 1.29 is 14.7 Å². The van der Waals surface area contributed by atoms with E-state index in [1.54, 1.807) is 0 Å². The number of allylic oxidation sites excluding steroid dienone is 4. The third-order valence-corrected chi connectivity index (χ3v) is 6.03. The van der Waals surface area contributed by atoms with Gasteiger partial charge in [-0.25, -0.2) is 4.98 Å². The van der Waals surface area contributed by atoms with Gasteiger partial charge in [0.15, 0.2) is 11.5 Å². The van der Waals surface area contributed by atoms with Crippen molar-refractivity contribution in [2.75, 3.05) is 0 Å². The molecule has 1 fully saturated rings. The number of ketones is 2. The fourth-order valence-electron chi connectivity index (χ4n) is 4.13. The van der Waals surface area contributed by atoms with Crippen molar-refractivity contribution in [2.45, 2.75) is 25.3 Å². The standard InChI is InChI=1S/C18H17NO3S/c1-8-5-9(2)19-12(6-8)23-18-16(21)14-11-4-3-10(7-11)13(14)15(20)17(18)22/h3-6,10-11,13-14,22H,7H2,1-2H3/t10-,11-,13-,14+/m1/s1. The Labute approximate surface area is 138 Å². The van der Waals surface area contributed by atoms with Crippen LogP contribution in [0.15, 0.2) is 40.0 Å². The lowest BCUT2D eigenvalue weighted by Gasteiger charge is -2.30. The molecule has 0 amide bonds. The van der Waals surface area contributed by atoms with Crippen LogP contribution in [0.2, 0.25) is 0 Å². The highest BCUT2D eigenvalue weighted by atomic mass is 32.2. The highest BCUT2D eigenvalue weighted by molar-refractivity contribution is 8.04. The van der Waals surface area contributed by atoms with E-state index in [0.717, 1.165) is 29.4 Å². The van der Waals surface area contributed by atoms with Crippen LogP contribution in [0.3, 0.4) is 0 Å². The van der Waals surface area contributed by atoms with Gasteiger partial charge in [0.05, 0.1) is 0 Å². The molecule has 0 saturated heterocycles. The topological polar surface area (TPSA) is 67.3 Å². The molecular weight excluding hydrogens is 310 g/mol. The number of hydrogen-bond acceptors (Lipinski definition) is 5. The monoisotopic (exact) mass is 327 g/mol. The van der Waals surface area contributed by atoms with E-state index < -0.39 is 0 Å². The number of hydrogen-bond donors (Lipinski definition) is 1. The molecule has 2 bridgehead atoms. The van der Waals surface area contributed by atoms with Gasteiger partial charge in [0.1, 0.15) is 9.93 Å². The first kappa shape index (κ1) is 14.7. The summed E-state index contributed by atoms with van der Waals surface area (Å²) in [5, 5.41) is 11.0. The molecule has 0 spiro atoms. The molecule has 0 aromatic carbocycles. The molecule has 0 unspecified atom stereocenters. The van der Waals surface area contributed by atoms with Crippen molar-refractivity contribution in [3.05, 3.63) is 46.2 Å². The molecule has 1 heterocycles.